The quantitative estimate of drug-likeness (QED) is 0.732. The van der Waals surface area contributed by atoms with Gasteiger partial charge in [0.25, 0.3) is 0 Å². The molecule has 0 amide bonds. The van der Waals surface area contributed by atoms with Crippen LogP contribution in [0.25, 0.3) is 0 Å². The Kier molecular flexibility index (Phi) is 14.2. The molecule has 2 N–H and O–H groups in total. The molecule has 3 nitrogen and oxygen atoms in total. The van der Waals surface area contributed by atoms with Crippen molar-refractivity contribution in [2.45, 2.75) is 20.8 Å². The summed E-state index contributed by atoms with van der Waals surface area (Å²) in [6.07, 6.45) is 1.94. The smallest absolute Gasteiger partial charge is 0.0300 e. The molecule has 0 spiro atoms. The Morgan fingerprint density at radius 2 is 1.57 bits per heavy atom. The average Bonchev–Trinajstić information content (AvgIpc) is 2.34. The van der Waals surface area contributed by atoms with Crippen LogP contribution in [0.4, 0.5) is 0 Å². The van der Waals surface area contributed by atoms with Gasteiger partial charge in [-0.05, 0) is 19.8 Å². The van der Waals surface area contributed by atoms with Gasteiger partial charge in [0.2, 0.25) is 0 Å². The van der Waals surface area contributed by atoms with Crippen LogP contribution in [0, 0.1) is 0 Å². The van der Waals surface area contributed by atoms with E-state index in [1.165, 1.54) is 26.7 Å². The van der Waals surface area contributed by atoms with Gasteiger partial charge in [-0.1, -0.05) is 27.4 Å². The van der Waals surface area contributed by atoms with Crippen LogP contribution in [0.3, 0.4) is 0 Å². The summed E-state index contributed by atoms with van der Waals surface area (Å²) in [6, 6.07) is 0. The van der Waals surface area contributed by atoms with Crippen LogP contribution in [0.5, 0.6) is 0 Å². The van der Waals surface area contributed by atoms with Crippen molar-refractivity contribution in [3.8, 4) is 0 Å². The minimum Gasteiger partial charge on any atom is -0.375 e. The van der Waals surface area contributed by atoms with Crippen molar-refractivity contribution < 1.29 is 0 Å². The van der Waals surface area contributed by atoms with Gasteiger partial charge < -0.3 is 15.5 Å². The second kappa shape index (κ2) is 12.5. The number of hydrogen-bond donors (Lipinski definition) is 1. The summed E-state index contributed by atoms with van der Waals surface area (Å²) in [6.45, 7) is 15.8. The van der Waals surface area contributed by atoms with Crippen LogP contribution < -0.4 is 5.73 Å². The van der Waals surface area contributed by atoms with E-state index in [0.717, 1.165) is 13.1 Å². The Morgan fingerprint density at radius 3 is 1.86 bits per heavy atom. The molecule has 0 radical (unpaired) electrons. The van der Waals surface area contributed by atoms with Crippen LogP contribution in [0.2, 0.25) is 0 Å². The standard InChI is InChI=1S/C8H16N2.C2H6.CH5N/c1-3-9-5-7-10(4-2)8-6-9;2*1-2/h3H,1,4-8H2,2H3;1-2H3;2H2,1H3. The van der Waals surface area contributed by atoms with E-state index in [1.807, 2.05) is 20.0 Å². The number of likely N-dealkylation sites (N-methyl/N-ethyl adjacent to an activating group) is 1. The first-order chi connectivity index (χ1) is 6.86. The molecule has 0 aromatic carbocycles. The van der Waals surface area contributed by atoms with E-state index in [0.29, 0.717) is 0 Å². The highest BCUT2D eigenvalue weighted by atomic mass is 15.2. The first kappa shape index (κ1) is 15.9. The summed E-state index contributed by atoms with van der Waals surface area (Å²) in [7, 11) is 1.50. The van der Waals surface area contributed by atoms with Crippen molar-refractivity contribution in [1.29, 1.82) is 0 Å². The van der Waals surface area contributed by atoms with Crippen molar-refractivity contribution >= 4 is 0 Å². The monoisotopic (exact) mass is 201 g/mol. The molecule has 86 valence electrons. The molecule has 1 aliphatic heterocycles. The van der Waals surface area contributed by atoms with Crippen LogP contribution in [0.1, 0.15) is 20.8 Å². The van der Waals surface area contributed by atoms with Crippen molar-refractivity contribution in [3.05, 3.63) is 12.8 Å². The van der Waals surface area contributed by atoms with Gasteiger partial charge in [-0.15, -0.1) is 0 Å². The third-order valence-electron chi connectivity index (χ3n) is 2.11. The van der Waals surface area contributed by atoms with Crippen LogP contribution >= 0.6 is 0 Å². The van der Waals surface area contributed by atoms with Crippen molar-refractivity contribution in [2.24, 2.45) is 5.73 Å². The lowest BCUT2D eigenvalue weighted by molar-refractivity contribution is 0.176. The predicted molar refractivity (Wildman–Crippen MR) is 65.3 cm³/mol. The van der Waals surface area contributed by atoms with E-state index in [-0.39, 0.29) is 0 Å². The Hall–Kier alpha value is -0.540. The second-order valence-electron chi connectivity index (χ2n) is 2.65. The topological polar surface area (TPSA) is 32.5 Å². The van der Waals surface area contributed by atoms with Gasteiger partial charge in [-0.2, -0.15) is 0 Å². The summed E-state index contributed by atoms with van der Waals surface area (Å²) in [5.74, 6) is 0. The van der Waals surface area contributed by atoms with Crippen molar-refractivity contribution in [2.75, 3.05) is 39.8 Å². The summed E-state index contributed by atoms with van der Waals surface area (Å²) in [5.41, 5.74) is 4.50. The normalized spacial score (nSPS) is 15.9. The zero-order valence-corrected chi connectivity index (χ0v) is 10.3. The van der Waals surface area contributed by atoms with E-state index < -0.39 is 0 Å². The van der Waals surface area contributed by atoms with E-state index in [4.69, 9.17) is 0 Å². The van der Waals surface area contributed by atoms with Gasteiger partial charge in [-0.25, -0.2) is 0 Å². The highest BCUT2D eigenvalue weighted by Gasteiger charge is 2.10. The molecule has 1 saturated heterocycles. The number of nitrogens with two attached hydrogens (primary N) is 1. The zero-order chi connectivity index (χ0) is 11.4. The minimum absolute atomic E-state index is 1.15. The van der Waals surface area contributed by atoms with Gasteiger partial charge in [0.15, 0.2) is 0 Å². The summed E-state index contributed by atoms with van der Waals surface area (Å²) >= 11 is 0. The Balaban J connectivity index is 0. The summed E-state index contributed by atoms with van der Waals surface area (Å²) in [4.78, 5) is 4.73. The van der Waals surface area contributed by atoms with E-state index >= 15 is 0 Å². The number of hydrogen-bond acceptors (Lipinski definition) is 3. The van der Waals surface area contributed by atoms with Crippen LogP contribution in [-0.4, -0.2) is 49.6 Å². The molecule has 0 aliphatic carbocycles. The molecular weight excluding hydrogens is 174 g/mol. The molecule has 0 atom stereocenters. The molecule has 1 heterocycles. The van der Waals surface area contributed by atoms with E-state index in [2.05, 4.69) is 29.0 Å². The fourth-order valence-corrected chi connectivity index (χ4v) is 1.26. The molecule has 0 aromatic heterocycles. The van der Waals surface area contributed by atoms with Gasteiger partial charge >= 0.3 is 0 Å². The second-order valence-corrected chi connectivity index (χ2v) is 2.65. The first-order valence-corrected chi connectivity index (χ1v) is 5.53. The number of rotatable bonds is 2. The predicted octanol–water partition coefficient (Wildman–Crippen LogP) is 1.37. The largest absolute Gasteiger partial charge is 0.375 e. The Morgan fingerprint density at radius 1 is 1.14 bits per heavy atom. The summed E-state index contributed by atoms with van der Waals surface area (Å²) in [5, 5.41) is 0. The maximum absolute atomic E-state index is 4.50. The van der Waals surface area contributed by atoms with Crippen LogP contribution in [0.15, 0.2) is 12.8 Å². The Labute approximate surface area is 89.6 Å². The zero-order valence-electron chi connectivity index (χ0n) is 10.3. The first-order valence-electron chi connectivity index (χ1n) is 5.53. The molecule has 1 rings (SSSR count). The van der Waals surface area contributed by atoms with E-state index in [1.54, 1.807) is 0 Å². The highest BCUT2D eigenvalue weighted by molar-refractivity contribution is 4.77. The molecule has 0 unspecified atom stereocenters. The summed E-state index contributed by atoms with van der Waals surface area (Å²) < 4.78 is 0. The van der Waals surface area contributed by atoms with Crippen molar-refractivity contribution in [3.63, 3.8) is 0 Å². The molecule has 1 fully saturated rings. The maximum Gasteiger partial charge on any atom is 0.0300 e. The Bertz CT molecular complexity index is 107. The van der Waals surface area contributed by atoms with Crippen molar-refractivity contribution in [1.82, 2.24) is 9.80 Å². The van der Waals surface area contributed by atoms with Gasteiger partial charge in [0, 0.05) is 26.2 Å². The average molecular weight is 201 g/mol. The highest BCUT2D eigenvalue weighted by Crippen LogP contribution is 1.99. The minimum atomic E-state index is 1.15. The molecule has 0 saturated carbocycles. The lowest BCUT2D eigenvalue weighted by Gasteiger charge is -2.32. The number of nitrogens with zero attached hydrogens (tertiary/aromatic N) is 2. The molecule has 0 aromatic rings. The van der Waals surface area contributed by atoms with E-state index in [9.17, 15) is 0 Å². The lowest BCUT2D eigenvalue weighted by atomic mass is 10.3. The van der Waals surface area contributed by atoms with Gasteiger partial charge in [0.1, 0.15) is 0 Å². The molecule has 14 heavy (non-hydrogen) atoms. The molecule has 0 bridgehead atoms. The van der Waals surface area contributed by atoms with Crippen LogP contribution in [-0.2, 0) is 0 Å². The molecule has 3 heteroatoms. The third kappa shape index (κ3) is 6.92. The third-order valence-corrected chi connectivity index (χ3v) is 2.11. The fraction of sp³-hybridized carbons (Fsp3) is 0.818. The fourth-order valence-electron chi connectivity index (χ4n) is 1.26. The van der Waals surface area contributed by atoms with Gasteiger partial charge in [0.05, 0.1) is 0 Å². The SMILES string of the molecule is C=CN1CCN(CC)CC1.CC.CN. The molecule has 1 aliphatic rings. The maximum atomic E-state index is 4.50. The number of piperazine rings is 1. The molecular formula is C11H27N3. The van der Waals surface area contributed by atoms with Gasteiger partial charge in [-0.3, -0.25) is 0 Å². The lowest BCUT2D eigenvalue weighted by Crippen LogP contribution is -2.43.